The van der Waals surface area contributed by atoms with Crippen molar-refractivity contribution in [2.24, 2.45) is 0 Å². The van der Waals surface area contributed by atoms with Crippen LogP contribution >= 0.6 is 0 Å². The van der Waals surface area contributed by atoms with Crippen molar-refractivity contribution in [2.45, 2.75) is 40.3 Å². The minimum Gasteiger partial charge on any atom is -0.508 e. The van der Waals surface area contributed by atoms with Crippen LogP contribution in [0.1, 0.15) is 28.9 Å². The zero-order chi connectivity index (χ0) is 18.0. The van der Waals surface area contributed by atoms with Crippen LogP contribution in [0.3, 0.4) is 0 Å². The second kappa shape index (κ2) is 7.11. The largest absolute Gasteiger partial charge is 0.508 e. The van der Waals surface area contributed by atoms with Crippen molar-refractivity contribution in [3.05, 3.63) is 57.2 Å². The van der Waals surface area contributed by atoms with Crippen LogP contribution < -0.4 is 10.9 Å². The van der Waals surface area contributed by atoms with Gasteiger partial charge in [-0.2, -0.15) is 5.10 Å². The van der Waals surface area contributed by atoms with Gasteiger partial charge in [-0.1, -0.05) is 0 Å². The van der Waals surface area contributed by atoms with E-state index in [1.807, 2.05) is 11.6 Å². The van der Waals surface area contributed by atoms with E-state index in [2.05, 4.69) is 23.4 Å². The molecule has 0 saturated carbocycles. The Labute approximate surface area is 146 Å². The van der Waals surface area contributed by atoms with Crippen LogP contribution in [-0.2, 0) is 13.1 Å². The number of benzene rings is 1. The summed E-state index contributed by atoms with van der Waals surface area (Å²) in [6, 6.07) is 7.07. The van der Waals surface area contributed by atoms with Gasteiger partial charge in [0.25, 0.3) is 0 Å². The van der Waals surface area contributed by atoms with Crippen molar-refractivity contribution in [3.8, 4) is 5.75 Å². The number of nitrogens with zero attached hydrogens (tertiary/aromatic N) is 2. The standard InChI is InChI=1S/C19H23N3O3/c1-12-9-13(2)22(21-12)8-4-7-20-11-15-10-18(24)25-19-14(3)17(23)6-5-16(15)19/h5-6,9-10,20,23H,4,7-8,11H2,1-3H3/p+1. The second-order valence-corrected chi connectivity index (χ2v) is 6.46. The maximum atomic E-state index is 11.8. The molecule has 0 fully saturated rings. The molecule has 6 nitrogen and oxygen atoms in total. The lowest BCUT2D eigenvalue weighted by Gasteiger charge is -2.08. The van der Waals surface area contributed by atoms with E-state index in [1.54, 1.807) is 19.1 Å². The van der Waals surface area contributed by atoms with Gasteiger partial charge >= 0.3 is 5.63 Å². The third-order valence-electron chi connectivity index (χ3n) is 4.46. The van der Waals surface area contributed by atoms with Gasteiger partial charge in [0, 0.05) is 41.2 Å². The molecule has 1 aromatic carbocycles. The van der Waals surface area contributed by atoms with Crippen LogP contribution in [0.5, 0.6) is 5.75 Å². The molecule has 0 aliphatic rings. The zero-order valence-electron chi connectivity index (χ0n) is 14.9. The SMILES string of the molecule is Cc1cc(C)n(CCC[NH2+]Cc2cc(=O)oc3c(C)c(O)ccc23)n1. The molecule has 3 N–H and O–H groups in total. The molecule has 0 amide bonds. The van der Waals surface area contributed by atoms with Gasteiger partial charge in [-0.25, -0.2) is 4.79 Å². The summed E-state index contributed by atoms with van der Waals surface area (Å²) in [7, 11) is 0. The molecule has 0 radical (unpaired) electrons. The summed E-state index contributed by atoms with van der Waals surface area (Å²) >= 11 is 0. The Kier molecular flexibility index (Phi) is 4.90. The molecule has 2 aromatic heterocycles. The number of hydrogen-bond donors (Lipinski definition) is 2. The number of rotatable bonds is 6. The summed E-state index contributed by atoms with van der Waals surface area (Å²) in [5, 5.41) is 17.3. The summed E-state index contributed by atoms with van der Waals surface area (Å²) < 4.78 is 7.30. The summed E-state index contributed by atoms with van der Waals surface area (Å²) in [6.45, 7) is 8.35. The molecule has 0 unspecified atom stereocenters. The topological polar surface area (TPSA) is 84.9 Å². The quantitative estimate of drug-likeness (QED) is 0.528. The lowest BCUT2D eigenvalue weighted by molar-refractivity contribution is -0.670. The summed E-state index contributed by atoms with van der Waals surface area (Å²) in [5.74, 6) is 0.140. The zero-order valence-corrected chi connectivity index (χ0v) is 14.9. The van der Waals surface area contributed by atoms with Gasteiger partial charge in [-0.3, -0.25) is 4.68 Å². The molecular formula is C19H24N3O3+. The molecule has 0 aliphatic heterocycles. The van der Waals surface area contributed by atoms with E-state index in [4.69, 9.17) is 4.42 Å². The summed E-state index contributed by atoms with van der Waals surface area (Å²) in [4.78, 5) is 11.8. The summed E-state index contributed by atoms with van der Waals surface area (Å²) in [5.41, 5.74) is 3.84. The van der Waals surface area contributed by atoms with Crippen LogP contribution in [-0.4, -0.2) is 21.4 Å². The van der Waals surface area contributed by atoms with Gasteiger partial charge in [0.15, 0.2) is 0 Å². The van der Waals surface area contributed by atoms with Gasteiger partial charge in [-0.05, 0) is 39.0 Å². The van der Waals surface area contributed by atoms with Crippen LogP contribution in [0.4, 0.5) is 0 Å². The fourth-order valence-electron chi connectivity index (χ4n) is 3.13. The number of quaternary nitrogens is 1. The van der Waals surface area contributed by atoms with Crippen LogP contribution in [0.25, 0.3) is 11.0 Å². The first kappa shape index (κ1) is 17.2. The molecule has 0 aliphatic carbocycles. The predicted molar refractivity (Wildman–Crippen MR) is 95.7 cm³/mol. The number of fused-ring (bicyclic) bond motifs is 1. The first-order valence-corrected chi connectivity index (χ1v) is 8.53. The highest BCUT2D eigenvalue weighted by molar-refractivity contribution is 5.84. The highest BCUT2D eigenvalue weighted by atomic mass is 16.4. The number of hydrogen-bond acceptors (Lipinski definition) is 4. The Morgan fingerprint density at radius 3 is 2.76 bits per heavy atom. The van der Waals surface area contributed by atoms with E-state index >= 15 is 0 Å². The van der Waals surface area contributed by atoms with E-state index < -0.39 is 0 Å². The van der Waals surface area contributed by atoms with Gasteiger partial charge in [-0.15, -0.1) is 0 Å². The predicted octanol–water partition coefficient (Wildman–Crippen LogP) is 1.77. The molecule has 3 rings (SSSR count). The van der Waals surface area contributed by atoms with E-state index in [-0.39, 0.29) is 11.4 Å². The van der Waals surface area contributed by atoms with Crippen molar-refractivity contribution in [3.63, 3.8) is 0 Å². The maximum absolute atomic E-state index is 11.8. The number of aromatic nitrogens is 2. The van der Waals surface area contributed by atoms with Crippen molar-refractivity contribution in [2.75, 3.05) is 6.54 Å². The van der Waals surface area contributed by atoms with Gasteiger partial charge < -0.3 is 14.8 Å². The first-order valence-electron chi connectivity index (χ1n) is 8.53. The second-order valence-electron chi connectivity index (χ2n) is 6.46. The number of aromatic hydroxyl groups is 1. The van der Waals surface area contributed by atoms with E-state index in [1.165, 1.54) is 11.8 Å². The van der Waals surface area contributed by atoms with Crippen molar-refractivity contribution in [1.29, 1.82) is 0 Å². The molecule has 0 atom stereocenters. The molecule has 2 heterocycles. The lowest BCUT2D eigenvalue weighted by atomic mass is 10.1. The van der Waals surface area contributed by atoms with Gasteiger partial charge in [0.2, 0.25) is 0 Å². The number of phenolic OH excluding ortho intramolecular Hbond substituents is 1. The Bertz CT molecular complexity index is 956. The molecule has 25 heavy (non-hydrogen) atoms. The highest BCUT2D eigenvalue weighted by Crippen LogP contribution is 2.26. The molecule has 0 saturated heterocycles. The van der Waals surface area contributed by atoms with Crippen molar-refractivity contribution < 1.29 is 14.8 Å². The first-order chi connectivity index (χ1) is 12.0. The van der Waals surface area contributed by atoms with Crippen LogP contribution in [0, 0.1) is 20.8 Å². The number of nitrogens with two attached hydrogens (primary N) is 1. The smallest absolute Gasteiger partial charge is 0.336 e. The Hall–Kier alpha value is -2.60. The maximum Gasteiger partial charge on any atom is 0.336 e. The lowest BCUT2D eigenvalue weighted by Crippen LogP contribution is -2.82. The molecular weight excluding hydrogens is 318 g/mol. The Balaban J connectivity index is 1.64. The Morgan fingerprint density at radius 1 is 1.24 bits per heavy atom. The minimum atomic E-state index is -0.382. The van der Waals surface area contributed by atoms with Crippen LogP contribution in [0.15, 0.2) is 33.5 Å². The molecule has 6 heteroatoms. The summed E-state index contributed by atoms with van der Waals surface area (Å²) in [6.07, 6.45) is 1.00. The van der Waals surface area contributed by atoms with E-state index in [0.29, 0.717) is 17.7 Å². The molecule has 0 spiro atoms. The van der Waals surface area contributed by atoms with Crippen molar-refractivity contribution in [1.82, 2.24) is 9.78 Å². The number of phenols is 1. The fraction of sp³-hybridized carbons (Fsp3) is 0.368. The van der Waals surface area contributed by atoms with Gasteiger partial charge in [0.05, 0.1) is 12.2 Å². The molecule has 132 valence electrons. The van der Waals surface area contributed by atoms with E-state index in [0.717, 1.165) is 36.2 Å². The highest BCUT2D eigenvalue weighted by Gasteiger charge is 2.11. The van der Waals surface area contributed by atoms with Crippen LogP contribution in [0.2, 0.25) is 0 Å². The third kappa shape index (κ3) is 3.74. The monoisotopic (exact) mass is 342 g/mol. The van der Waals surface area contributed by atoms with E-state index in [9.17, 15) is 9.90 Å². The minimum absolute atomic E-state index is 0.140. The van der Waals surface area contributed by atoms with Crippen molar-refractivity contribution >= 4 is 11.0 Å². The normalized spacial score (nSPS) is 11.3. The third-order valence-corrected chi connectivity index (χ3v) is 4.46. The van der Waals surface area contributed by atoms with Gasteiger partial charge in [0.1, 0.15) is 17.9 Å². The average Bonchev–Trinajstić information content (AvgIpc) is 2.88. The molecule has 3 aromatic rings. The fourth-order valence-corrected chi connectivity index (χ4v) is 3.13. The Morgan fingerprint density at radius 2 is 2.04 bits per heavy atom. The molecule has 0 bridgehead atoms. The number of aryl methyl sites for hydroxylation is 4. The average molecular weight is 342 g/mol.